The Morgan fingerprint density at radius 3 is 1.04 bits per heavy atom. The topological polar surface area (TPSA) is 0 Å². The molecule has 3 rings (SSSR count). The zero-order valence-electron chi connectivity index (χ0n) is 13.8. The van der Waals surface area contributed by atoms with Gasteiger partial charge in [-0.3, -0.25) is 0 Å². The Morgan fingerprint density at radius 2 is 0.833 bits per heavy atom. The fourth-order valence-corrected chi connectivity index (χ4v) is 7.08. The third-order valence-corrected chi connectivity index (χ3v) is 8.55. The van der Waals surface area contributed by atoms with Gasteiger partial charge in [0, 0.05) is 0 Å². The summed E-state index contributed by atoms with van der Waals surface area (Å²) in [7, 11) is -1.53. The van der Waals surface area contributed by atoms with E-state index in [4.69, 9.17) is 0 Å². The van der Waals surface area contributed by atoms with Gasteiger partial charge < -0.3 is 0 Å². The molecule has 0 aliphatic rings. The summed E-state index contributed by atoms with van der Waals surface area (Å²) in [6, 6.07) is 33.0. The number of hydrogen-bond donors (Lipinski definition) is 0. The van der Waals surface area contributed by atoms with Crippen molar-refractivity contribution >= 4 is 68.4 Å². The normalized spacial score (nSPS) is 10.6. The summed E-state index contributed by atoms with van der Waals surface area (Å²) < 4.78 is 1.19. The molecule has 0 N–H and O–H groups in total. The van der Waals surface area contributed by atoms with Gasteiger partial charge in [-0.15, -0.1) is 0 Å². The summed E-state index contributed by atoms with van der Waals surface area (Å²) in [6.07, 6.45) is 1.14. The molecule has 0 saturated carbocycles. The number of halogens is 2. The molecule has 0 aliphatic heterocycles. The van der Waals surface area contributed by atoms with E-state index in [0.717, 1.165) is 6.16 Å². The Kier molecular flexibility index (Phi) is 8.71. The Balaban J connectivity index is 0.000000647. The van der Waals surface area contributed by atoms with Crippen molar-refractivity contribution in [2.24, 2.45) is 0 Å². The minimum Gasteiger partial charge on any atom is -0.0748 e. The molecule has 0 unspecified atom stereocenters. The molecular formula is C21H22I2P+. The van der Waals surface area contributed by atoms with E-state index < -0.39 is 7.26 Å². The van der Waals surface area contributed by atoms with Gasteiger partial charge in [0.25, 0.3) is 0 Å². The molecule has 0 atom stereocenters. The molecular weight excluding hydrogens is 537 g/mol. The van der Waals surface area contributed by atoms with E-state index in [1.807, 2.05) is 0 Å². The summed E-state index contributed by atoms with van der Waals surface area (Å²) in [6.45, 7) is 2.32. The molecule has 0 aliphatic carbocycles. The van der Waals surface area contributed by atoms with Crippen LogP contribution in [0.15, 0.2) is 91.0 Å². The maximum Gasteiger partial charge on any atom is 0.111 e. The molecule has 0 spiro atoms. The smallest absolute Gasteiger partial charge is 0.0748 e. The number of hydrogen-bond acceptors (Lipinski definition) is 0. The van der Waals surface area contributed by atoms with Gasteiger partial charge in [-0.05, 0) is 43.3 Å². The Hall–Kier alpha value is -0.450. The van der Waals surface area contributed by atoms with Crippen molar-refractivity contribution < 1.29 is 0 Å². The van der Waals surface area contributed by atoms with Crippen LogP contribution in [-0.4, -0.2) is 8.60 Å². The molecule has 0 nitrogen and oxygen atoms in total. The standard InChI is InChI=1S/C20H20P.CH2I2/c1-2-21(18-12-6-3-7-13-18,19-14-8-4-9-15-19)20-16-10-5-11-17-20;2-1-3/h3-17H,2H2,1H3;1H2/q+1;. The average Bonchev–Trinajstić information content (AvgIpc) is 2.66. The van der Waals surface area contributed by atoms with Crippen LogP contribution in [0.1, 0.15) is 6.92 Å². The van der Waals surface area contributed by atoms with Gasteiger partial charge in [0.15, 0.2) is 0 Å². The molecule has 0 radical (unpaired) electrons. The van der Waals surface area contributed by atoms with Crippen LogP contribution in [0.4, 0.5) is 0 Å². The fourth-order valence-electron chi connectivity index (χ4n) is 3.04. The quantitative estimate of drug-likeness (QED) is 0.215. The summed E-state index contributed by atoms with van der Waals surface area (Å²) in [5.74, 6) is 0. The molecule has 0 bridgehead atoms. The molecule has 3 aromatic carbocycles. The van der Waals surface area contributed by atoms with E-state index in [1.165, 1.54) is 18.3 Å². The number of alkyl halides is 2. The lowest BCUT2D eigenvalue weighted by atomic mass is 10.4. The van der Waals surface area contributed by atoms with E-state index in [1.54, 1.807) is 0 Å². The van der Waals surface area contributed by atoms with E-state index in [9.17, 15) is 0 Å². The van der Waals surface area contributed by atoms with Crippen molar-refractivity contribution in [2.75, 3.05) is 8.60 Å². The summed E-state index contributed by atoms with van der Waals surface area (Å²) in [4.78, 5) is 0. The van der Waals surface area contributed by atoms with Gasteiger partial charge in [0.2, 0.25) is 0 Å². The number of benzene rings is 3. The predicted molar refractivity (Wildman–Crippen MR) is 129 cm³/mol. The monoisotopic (exact) mass is 559 g/mol. The SMILES string of the molecule is CC[P+](c1ccccc1)(c1ccccc1)c1ccccc1.ICI. The van der Waals surface area contributed by atoms with Crippen LogP contribution < -0.4 is 15.9 Å². The van der Waals surface area contributed by atoms with Crippen LogP contribution in [0.5, 0.6) is 0 Å². The van der Waals surface area contributed by atoms with Crippen molar-refractivity contribution in [3.63, 3.8) is 0 Å². The lowest BCUT2D eigenvalue weighted by molar-refractivity contribution is 1.48. The zero-order valence-corrected chi connectivity index (χ0v) is 19.0. The van der Waals surface area contributed by atoms with Gasteiger partial charge >= 0.3 is 0 Å². The lowest BCUT2D eigenvalue weighted by Crippen LogP contribution is -2.32. The predicted octanol–water partition coefficient (Wildman–Crippen LogP) is 5.81. The Morgan fingerprint density at radius 1 is 0.583 bits per heavy atom. The minimum atomic E-state index is -1.53. The highest BCUT2D eigenvalue weighted by Crippen LogP contribution is 2.54. The molecule has 0 saturated heterocycles. The Bertz CT molecular complexity index is 603. The van der Waals surface area contributed by atoms with Crippen molar-refractivity contribution in [3.8, 4) is 0 Å². The third kappa shape index (κ3) is 4.59. The van der Waals surface area contributed by atoms with Crippen molar-refractivity contribution in [1.82, 2.24) is 0 Å². The average molecular weight is 559 g/mol. The largest absolute Gasteiger partial charge is 0.111 e. The highest BCUT2D eigenvalue weighted by atomic mass is 127. The molecule has 3 heteroatoms. The van der Waals surface area contributed by atoms with Crippen molar-refractivity contribution in [1.29, 1.82) is 0 Å². The van der Waals surface area contributed by atoms with Crippen molar-refractivity contribution in [3.05, 3.63) is 91.0 Å². The summed E-state index contributed by atoms with van der Waals surface area (Å²) >= 11 is 4.55. The molecule has 124 valence electrons. The first kappa shape index (κ1) is 19.9. The second kappa shape index (κ2) is 10.5. The van der Waals surface area contributed by atoms with E-state index >= 15 is 0 Å². The number of rotatable bonds is 4. The minimum absolute atomic E-state index is 1.14. The lowest BCUT2D eigenvalue weighted by Gasteiger charge is -2.26. The summed E-state index contributed by atoms with van der Waals surface area (Å²) in [5, 5.41) is 4.39. The maximum absolute atomic E-state index is 2.32. The first-order valence-corrected chi connectivity index (χ1v) is 13.0. The van der Waals surface area contributed by atoms with Crippen LogP contribution >= 0.6 is 52.4 Å². The van der Waals surface area contributed by atoms with Crippen LogP contribution in [0.25, 0.3) is 0 Å². The zero-order chi connectivity index (χ0) is 17.3. The van der Waals surface area contributed by atoms with Crippen LogP contribution in [0.2, 0.25) is 0 Å². The van der Waals surface area contributed by atoms with E-state index in [0.29, 0.717) is 0 Å². The van der Waals surface area contributed by atoms with Gasteiger partial charge in [0.1, 0.15) is 23.2 Å². The highest BCUT2D eigenvalue weighted by molar-refractivity contribution is 14.2. The molecule has 0 amide bonds. The van der Waals surface area contributed by atoms with Crippen LogP contribution in [-0.2, 0) is 0 Å². The van der Waals surface area contributed by atoms with Gasteiger partial charge in [-0.1, -0.05) is 99.8 Å². The summed E-state index contributed by atoms with van der Waals surface area (Å²) in [5.41, 5.74) is 0. The second-order valence-corrected chi connectivity index (χ2v) is 13.5. The Labute approximate surface area is 173 Å². The molecule has 0 heterocycles. The second-order valence-electron chi connectivity index (χ2n) is 5.23. The van der Waals surface area contributed by atoms with E-state index in [-0.39, 0.29) is 0 Å². The highest BCUT2D eigenvalue weighted by Gasteiger charge is 2.43. The fraction of sp³-hybridized carbons (Fsp3) is 0.143. The van der Waals surface area contributed by atoms with E-state index in [2.05, 4.69) is 143 Å². The maximum atomic E-state index is 2.32. The molecule has 0 aromatic heterocycles. The van der Waals surface area contributed by atoms with Crippen LogP contribution in [0.3, 0.4) is 0 Å². The molecule has 24 heavy (non-hydrogen) atoms. The van der Waals surface area contributed by atoms with Gasteiger partial charge in [0.05, 0.1) is 8.60 Å². The van der Waals surface area contributed by atoms with Crippen LogP contribution in [0, 0.1) is 0 Å². The first-order chi connectivity index (χ1) is 11.8. The molecule has 3 aromatic rings. The molecule has 0 fully saturated rings. The first-order valence-electron chi connectivity index (χ1n) is 7.96. The van der Waals surface area contributed by atoms with Crippen molar-refractivity contribution in [2.45, 2.75) is 6.92 Å². The third-order valence-electron chi connectivity index (χ3n) is 4.07. The van der Waals surface area contributed by atoms with Gasteiger partial charge in [-0.2, -0.15) is 0 Å². The van der Waals surface area contributed by atoms with Gasteiger partial charge in [-0.25, -0.2) is 0 Å².